The van der Waals surface area contributed by atoms with E-state index in [0.29, 0.717) is 0 Å². The third kappa shape index (κ3) is 13.0. The number of nitrogens with one attached hydrogen (secondary N) is 3. The Balaban J connectivity index is 5.70. The number of nitrogens with two attached hydrogens (primary N) is 3. The first kappa shape index (κ1) is 32.0. The molecule has 0 radical (unpaired) electrons. The maximum Gasteiger partial charge on any atom is 0.328 e. The summed E-state index contributed by atoms with van der Waals surface area (Å²) in [5.41, 5.74) is 15.9. The summed E-state index contributed by atoms with van der Waals surface area (Å²) in [6.45, 7) is 1.17. The van der Waals surface area contributed by atoms with Crippen LogP contribution in [0.2, 0.25) is 0 Å². The molecule has 13 N–H and O–H groups in total. The molecule has 0 saturated carbocycles. The highest BCUT2D eigenvalue weighted by atomic mass is 16.4. The molecule has 0 aliphatic rings. The molecule has 5 unspecified atom stereocenters. The zero-order valence-electron chi connectivity index (χ0n) is 19.5. The van der Waals surface area contributed by atoms with Gasteiger partial charge in [-0.1, -0.05) is 0 Å². The summed E-state index contributed by atoms with van der Waals surface area (Å²) in [6.07, 6.45) is -3.22. The number of aliphatic hydroxyl groups excluding tert-OH is 1. The number of carboxylic acids is 3. The van der Waals surface area contributed by atoms with Gasteiger partial charge < -0.3 is 53.6 Å². The maximum absolute atomic E-state index is 12.9. The normalized spacial score (nSPS) is 14.8. The van der Waals surface area contributed by atoms with Crippen LogP contribution in [0.1, 0.15) is 39.0 Å². The van der Waals surface area contributed by atoms with Crippen molar-refractivity contribution >= 4 is 41.6 Å². The number of aliphatic imine (C=N–C) groups is 1. The lowest BCUT2D eigenvalue weighted by atomic mass is 10.1. The summed E-state index contributed by atoms with van der Waals surface area (Å²) in [6, 6.07) is -6.16. The molecule has 0 rings (SSSR count). The fraction of sp³-hybridized carbons (Fsp3) is 0.632. The summed E-state index contributed by atoms with van der Waals surface area (Å²) in [4.78, 5) is 74.6. The highest BCUT2D eigenvalue weighted by Crippen LogP contribution is 2.05. The number of amides is 3. The molecule has 0 heterocycles. The molecule has 204 valence electrons. The van der Waals surface area contributed by atoms with E-state index in [4.69, 9.17) is 27.4 Å². The molecule has 36 heavy (non-hydrogen) atoms. The number of guanidine groups is 1. The molecule has 0 spiro atoms. The van der Waals surface area contributed by atoms with Gasteiger partial charge in [-0.25, -0.2) is 4.79 Å². The molecular weight excluding hydrogens is 486 g/mol. The van der Waals surface area contributed by atoms with Gasteiger partial charge >= 0.3 is 17.9 Å². The number of hydrogen-bond acceptors (Lipinski definition) is 9. The number of carbonyl (C=O) groups excluding carboxylic acids is 3. The standard InChI is InChI=1S/C19H33N7O10/c1-8(27)14(18(35)36)26-17(34)10(3-2-6-23-19(21)22)25-16(33)11(4-5-12(28)29)24-15(32)9(20)7-13(30)31/h8-11,14,27H,2-7,20H2,1H3,(H,24,32)(H,25,33)(H,26,34)(H,28,29)(H,30,31)(H,35,36)(H4,21,22,23). The van der Waals surface area contributed by atoms with Gasteiger partial charge in [0.15, 0.2) is 12.0 Å². The number of aliphatic carboxylic acids is 3. The number of nitrogens with zero attached hydrogens (tertiary/aromatic N) is 1. The van der Waals surface area contributed by atoms with Crippen LogP contribution in [-0.4, -0.2) is 98.8 Å². The molecular formula is C19H33N7O10. The average Bonchev–Trinajstić information content (AvgIpc) is 2.75. The number of carbonyl (C=O) groups is 6. The van der Waals surface area contributed by atoms with E-state index < -0.39 is 85.2 Å². The van der Waals surface area contributed by atoms with Gasteiger partial charge in [0.05, 0.1) is 18.6 Å². The van der Waals surface area contributed by atoms with Crippen LogP contribution < -0.4 is 33.2 Å². The lowest BCUT2D eigenvalue weighted by Crippen LogP contribution is -2.58. The summed E-state index contributed by atoms with van der Waals surface area (Å²) in [5.74, 6) is -7.50. The Hall–Kier alpha value is -3.99. The van der Waals surface area contributed by atoms with E-state index in [1.807, 2.05) is 0 Å². The molecule has 0 fully saturated rings. The lowest BCUT2D eigenvalue weighted by Gasteiger charge is -2.25. The molecule has 17 nitrogen and oxygen atoms in total. The van der Waals surface area contributed by atoms with Crippen LogP contribution in [0.25, 0.3) is 0 Å². The summed E-state index contributed by atoms with van der Waals surface area (Å²) in [5, 5.41) is 43.1. The van der Waals surface area contributed by atoms with E-state index >= 15 is 0 Å². The smallest absolute Gasteiger partial charge is 0.328 e. The van der Waals surface area contributed by atoms with Crippen molar-refractivity contribution in [3.05, 3.63) is 0 Å². The number of carboxylic acid groups (broad SMARTS) is 3. The molecule has 0 bridgehead atoms. The van der Waals surface area contributed by atoms with Crippen LogP contribution in [0, 0.1) is 0 Å². The minimum atomic E-state index is -1.70. The highest BCUT2D eigenvalue weighted by Gasteiger charge is 2.32. The molecule has 0 aliphatic heterocycles. The second-order valence-corrected chi connectivity index (χ2v) is 7.77. The van der Waals surface area contributed by atoms with Crippen molar-refractivity contribution in [2.45, 2.75) is 69.3 Å². The molecule has 17 heteroatoms. The van der Waals surface area contributed by atoms with Gasteiger partial charge in [0, 0.05) is 13.0 Å². The van der Waals surface area contributed by atoms with Crippen LogP contribution in [0.5, 0.6) is 0 Å². The fourth-order valence-corrected chi connectivity index (χ4v) is 2.78. The molecule has 5 atom stereocenters. The predicted molar refractivity (Wildman–Crippen MR) is 122 cm³/mol. The Bertz CT molecular complexity index is 844. The Morgan fingerprint density at radius 1 is 0.833 bits per heavy atom. The Kier molecular flexibility index (Phi) is 14.1. The topological polar surface area (TPSA) is 310 Å². The van der Waals surface area contributed by atoms with Crippen molar-refractivity contribution in [3.8, 4) is 0 Å². The van der Waals surface area contributed by atoms with Crippen molar-refractivity contribution in [1.29, 1.82) is 0 Å². The zero-order valence-corrected chi connectivity index (χ0v) is 19.5. The lowest BCUT2D eigenvalue weighted by molar-refractivity contribution is -0.145. The number of rotatable bonds is 17. The second kappa shape index (κ2) is 15.8. The molecule has 0 aromatic carbocycles. The summed E-state index contributed by atoms with van der Waals surface area (Å²) < 4.78 is 0. The van der Waals surface area contributed by atoms with Crippen molar-refractivity contribution < 1.29 is 49.2 Å². The monoisotopic (exact) mass is 519 g/mol. The summed E-state index contributed by atoms with van der Waals surface area (Å²) in [7, 11) is 0. The molecule has 0 aromatic rings. The van der Waals surface area contributed by atoms with E-state index in [1.165, 1.54) is 0 Å². The van der Waals surface area contributed by atoms with Crippen molar-refractivity contribution in [3.63, 3.8) is 0 Å². The molecule has 0 saturated heterocycles. The Morgan fingerprint density at radius 2 is 1.36 bits per heavy atom. The van der Waals surface area contributed by atoms with Crippen molar-refractivity contribution in [2.24, 2.45) is 22.2 Å². The van der Waals surface area contributed by atoms with Crippen LogP contribution in [-0.2, 0) is 28.8 Å². The summed E-state index contributed by atoms with van der Waals surface area (Å²) >= 11 is 0. The maximum atomic E-state index is 12.9. The van der Waals surface area contributed by atoms with Crippen LogP contribution >= 0.6 is 0 Å². The van der Waals surface area contributed by atoms with Gasteiger partial charge in [-0.2, -0.15) is 0 Å². The van der Waals surface area contributed by atoms with E-state index in [0.717, 1.165) is 6.92 Å². The quantitative estimate of drug-likeness (QED) is 0.0493. The van der Waals surface area contributed by atoms with Gasteiger partial charge in [0.2, 0.25) is 17.7 Å². The molecule has 0 aliphatic carbocycles. The fourth-order valence-electron chi connectivity index (χ4n) is 2.78. The number of hydrogen-bond donors (Lipinski definition) is 10. The molecule has 3 amide bonds. The first-order chi connectivity index (χ1) is 16.6. The van der Waals surface area contributed by atoms with Crippen molar-refractivity contribution in [2.75, 3.05) is 6.54 Å². The Labute approximate surface area is 205 Å². The van der Waals surface area contributed by atoms with Gasteiger partial charge in [-0.3, -0.25) is 29.0 Å². The first-order valence-electron chi connectivity index (χ1n) is 10.7. The minimum Gasteiger partial charge on any atom is -0.481 e. The van der Waals surface area contributed by atoms with Crippen LogP contribution in [0.3, 0.4) is 0 Å². The van der Waals surface area contributed by atoms with Crippen LogP contribution in [0.4, 0.5) is 0 Å². The zero-order chi connectivity index (χ0) is 28.0. The van der Waals surface area contributed by atoms with Crippen LogP contribution in [0.15, 0.2) is 4.99 Å². The number of aliphatic hydroxyl groups is 1. The SMILES string of the molecule is CC(O)C(NC(=O)C(CCCN=C(N)N)NC(=O)C(CCC(=O)O)NC(=O)C(N)CC(=O)O)C(=O)O. The van der Waals surface area contributed by atoms with Gasteiger partial charge in [-0.15, -0.1) is 0 Å². The van der Waals surface area contributed by atoms with E-state index in [2.05, 4.69) is 20.9 Å². The highest BCUT2D eigenvalue weighted by molar-refractivity contribution is 5.95. The average molecular weight is 520 g/mol. The first-order valence-corrected chi connectivity index (χ1v) is 10.7. The van der Waals surface area contributed by atoms with E-state index in [1.54, 1.807) is 0 Å². The second-order valence-electron chi connectivity index (χ2n) is 7.77. The third-order valence-corrected chi connectivity index (χ3v) is 4.64. The van der Waals surface area contributed by atoms with E-state index in [-0.39, 0.29) is 25.3 Å². The third-order valence-electron chi connectivity index (χ3n) is 4.64. The van der Waals surface area contributed by atoms with Gasteiger partial charge in [-0.05, 0) is 26.2 Å². The molecule has 0 aromatic heterocycles. The van der Waals surface area contributed by atoms with Gasteiger partial charge in [0.25, 0.3) is 0 Å². The minimum absolute atomic E-state index is 0.0456. The van der Waals surface area contributed by atoms with Gasteiger partial charge in [0.1, 0.15) is 12.1 Å². The Morgan fingerprint density at radius 3 is 1.83 bits per heavy atom. The predicted octanol–water partition coefficient (Wildman–Crippen LogP) is -4.37. The van der Waals surface area contributed by atoms with E-state index in [9.17, 15) is 39.0 Å². The van der Waals surface area contributed by atoms with Crippen molar-refractivity contribution in [1.82, 2.24) is 16.0 Å². The largest absolute Gasteiger partial charge is 0.481 e.